The monoisotopic (exact) mass is 516 g/mol. The van der Waals surface area contributed by atoms with Gasteiger partial charge in [0.25, 0.3) is 5.56 Å². The largest absolute Gasteiger partial charge is 0.497 e. The number of tetrazole rings is 1. The van der Waals surface area contributed by atoms with Crippen LogP contribution in [-0.2, 0) is 11.3 Å². The van der Waals surface area contributed by atoms with E-state index in [9.17, 15) is 4.79 Å². The number of benzene rings is 2. The van der Waals surface area contributed by atoms with Crippen LogP contribution in [0.4, 0.5) is 5.69 Å². The summed E-state index contributed by atoms with van der Waals surface area (Å²) in [4.78, 5) is 20.3. The predicted octanol–water partition coefficient (Wildman–Crippen LogP) is 1.51. The smallest absolute Gasteiger partial charge is 0.258 e. The lowest BCUT2D eigenvalue weighted by atomic mass is 10.0. The van der Waals surface area contributed by atoms with E-state index in [0.29, 0.717) is 17.9 Å². The van der Waals surface area contributed by atoms with Gasteiger partial charge in [-0.1, -0.05) is 11.6 Å². The molecule has 38 heavy (non-hydrogen) atoms. The first kappa shape index (κ1) is 24.6. The number of anilines is 1. The number of quaternary nitrogens is 1. The van der Waals surface area contributed by atoms with Crippen molar-refractivity contribution in [3.05, 3.63) is 75.8 Å². The summed E-state index contributed by atoms with van der Waals surface area (Å²) in [5.41, 5.74) is 3.75. The third kappa shape index (κ3) is 4.89. The second kappa shape index (κ2) is 10.5. The highest BCUT2D eigenvalue weighted by Gasteiger charge is 2.37. The Kier molecular flexibility index (Phi) is 6.82. The van der Waals surface area contributed by atoms with Crippen molar-refractivity contribution < 1.29 is 14.4 Å². The van der Waals surface area contributed by atoms with E-state index in [1.807, 2.05) is 35.0 Å². The van der Waals surface area contributed by atoms with Gasteiger partial charge in [0.15, 0.2) is 6.04 Å². The average Bonchev–Trinajstić information content (AvgIpc) is 3.63. The Morgan fingerprint density at radius 1 is 1.16 bits per heavy atom. The second-order valence-corrected chi connectivity index (χ2v) is 10.3. The van der Waals surface area contributed by atoms with Crippen molar-refractivity contribution in [1.29, 1.82) is 0 Å². The van der Waals surface area contributed by atoms with Gasteiger partial charge in [-0.25, -0.2) is 4.68 Å². The van der Waals surface area contributed by atoms with Gasteiger partial charge in [-0.15, -0.1) is 5.10 Å². The summed E-state index contributed by atoms with van der Waals surface area (Å²) in [6.07, 6.45) is 2.14. The lowest BCUT2D eigenvalue weighted by Crippen LogP contribution is -3.15. The number of hydrogen-bond donors (Lipinski definition) is 2. The zero-order valence-corrected chi connectivity index (χ0v) is 21.9. The number of fused-ring (bicyclic) bond motifs is 1. The molecule has 4 heterocycles. The van der Waals surface area contributed by atoms with Crippen molar-refractivity contribution in [2.75, 3.05) is 44.8 Å². The van der Waals surface area contributed by atoms with E-state index in [-0.39, 0.29) is 17.7 Å². The number of nitrogens with one attached hydrogen (secondary N) is 2. The van der Waals surface area contributed by atoms with E-state index in [4.69, 9.17) is 9.47 Å². The van der Waals surface area contributed by atoms with E-state index in [0.717, 1.165) is 67.8 Å². The standard InChI is InChI=1S/C28H33N7O3/c1-19-5-10-25-20(16-19)17-24(28(36)29-25)26(27-30-31-32-35(27)18-23-4-3-15-38-23)34-13-11-33(12-14-34)21-6-8-22(37-2)9-7-21/h5-10,16-17,23,26H,3-4,11-15,18H2,1-2H3,(H,29,36)/p+1. The molecule has 10 heteroatoms. The summed E-state index contributed by atoms with van der Waals surface area (Å²) < 4.78 is 13.0. The van der Waals surface area contributed by atoms with Gasteiger partial charge >= 0.3 is 0 Å². The first-order chi connectivity index (χ1) is 18.6. The summed E-state index contributed by atoms with van der Waals surface area (Å²) in [5.74, 6) is 1.56. The highest BCUT2D eigenvalue weighted by atomic mass is 16.5. The summed E-state index contributed by atoms with van der Waals surface area (Å²) in [6.45, 7) is 6.83. The Balaban J connectivity index is 1.34. The molecule has 10 nitrogen and oxygen atoms in total. The van der Waals surface area contributed by atoms with Crippen molar-refractivity contribution in [2.24, 2.45) is 0 Å². The molecule has 2 fully saturated rings. The fourth-order valence-electron chi connectivity index (χ4n) is 5.76. The minimum Gasteiger partial charge on any atom is -0.497 e. The van der Waals surface area contributed by atoms with Crippen LogP contribution in [0.15, 0.2) is 53.3 Å². The fourth-order valence-corrected chi connectivity index (χ4v) is 5.76. The average molecular weight is 517 g/mol. The molecule has 0 amide bonds. The van der Waals surface area contributed by atoms with Crippen molar-refractivity contribution in [3.63, 3.8) is 0 Å². The lowest BCUT2D eigenvalue weighted by Gasteiger charge is -2.37. The zero-order valence-electron chi connectivity index (χ0n) is 21.9. The van der Waals surface area contributed by atoms with Gasteiger partial charge in [0.1, 0.15) is 5.75 Å². The number of methoxy groups -OCH3 is 1. The Hall–Kier alpha value is -3.76. The van der Waals surface area contributed by atoms with Crippen LogP contribution in [0.2, 0.25) is 0 Å². The first-order valence-corrected chi connectivity index (χ1v) is 13.3. The second-order valence-electron chi connectivity index (χ2n) is 10.3. The minimum absolute atomic E-state index is 0.0943. The molecule has 2 aromatic heterocycles. The molecule has 0 bridgehead atoms. The Labute approximate surface area is 221 Å². The van der Waals surface area contributed by atoms with Gasteiger partial charge in [0.2, 0.25) is 5.82 Å². The summed E-state index contributed by atoms with van der Waals surface area (Å²) >= 11 is 0. The highest BCUT2D eigenvalue weighted by molar-refractivity contribution is 5.79. The number of aryl methyl sites for hydroxylation is 1. The quantitative estimate of drug-likeness (QED) is 0.384. The Morgan fingerprint density at radius 2 is 1.97 bits per heavy atom. The van der Waals surface area contributed by atoms with Gasteiger partial charge in [0.05, 0.1) is 51.5 Å². The molecule has 2 saturated heterocycles. The number of nitrogens with zero attached hydrogens (tertiary/aromatic N) is 5. The third-order valence-electron chi connectivity index (χ3n) is 7.81. The number of aromatic amines is 1. The molecule has 2 N–H and O–H groups in total. The van der Waals surface area contributed by atoms with E-state index in [2.05, 4.69) is 50.5 Å². The molecule has 2 aromatic carbocycles. The van der Waals surface area contributed by atoms with Gasteiger partial charge in [0, 0.05) is 17.8 Å². The van der Waals surface area contributed by atoms with Crippen molar-refractivity contribution in [2.45, 2.75) is 38.5 Å². The maximum atomic E-state index is 13.5. The molecule has 0 spiro atoms. The third-order valence-corrected chi connectivity index (χ3v) is 7.81. The van der Waals surface area contributed by atoms with Crippen LogP contribution in [0.5, 0.6) is 5.75 Å². The number of ether oxygens (including phenoxy) is 2. The molecule has 2 atom stereocenters. The number of aromatic nitrogens is 5. The number of hydrogen-bond acceptors (Lipinski definition) is 7. The predicted molar refractivity (Wildman–Crippen MR) is 144 cm³/mol. The van der Waals surface area contributed by atoms with Crippen molar-refractivity contribution in [1.82, 2.24) is 25.2 Å². The number of piperazine rings is 1. The van der Waals surface area contributed by atoms with Crippen LogP contribution < -0.4 is 20.1 Å². The summed E-state index contributed by atoms with van der Waals surface area (Å²) in [5, 5.41) is 13.9. The van der Waals surface area contributed by atoms with Gasteiger partial charge in [-0.05, 0) is 78.0 Å². The van der Waals surface area contributed by atoms with Crippen molar-refractivity contribution in [3.8, 4) is 5.75 Å². The normalized spacial score (nSPS) is 19.2. The zero-order chi connectivity index (χ0) is 26.1. The topological polar surface area (TPSA) is 103 Å². The highest BCUT2D eigenvalue weighted by Crippen LogP contribution is 2.23. The van der Waals surface area contributed by atoms with Gasteiger partial charge in [-0.2, -0.15) is 0 Å². The van der Waals surface area contributed by atoms with E-state index >= 15 is 0 Å². The van der Waals surface area contributed by atoms with Crippen LogP contribution in [0.25, 0.3) is 10.9 Å². The molecule has 2 aliphatic heterocycles. The number of pyridine rings is 1. The molecular formula is C28H34N7O3+. The molecule has 2 unspecified atom stereocenters. The first-order valence-electron chi connectivity index (χ1n) is 13.3. The fraction of sp³-hybridized carbons (Fsp3) is 0.429. The van der Waals surface area contributed by atoms with Crippen LogP contribution in [0.1, 0.15) is 35.8 Å². The molecule has 198 valence electrons. The molecule has 0 aliphatic carbocycles. The van der Waals surface area contributed by atoms with Gasteiger partial charge in [-0.3, -0.25) is 4.79 Å². The number of rotatable bonds is 7. The summed E-state index contributed by atoms with van der Waals surface area (Å²) in [6, 6.07) is 16.0. The summed E-state index contributed by atoms with van der Waals surface area (Å²) in [7, 11) is 1.68. The van der Waals surface area contributed by atoms with Crippen molar-refractivity contribution >= 4 is 16.6 Å². The molecule has 0 saturated carbocycles. The van der Waals surface area contributed by atoms with E-state index < -0.39 is 0 Å². The SMILES string of the molecule is COc1ccc(N2CC[NH+](C(c3cc4cc(C)ccc4[nH]c3=O)c3nnnn3CC3CCCO3)CC2)cc1. The Bertz CT molecular complexity index is 1450. The minimum atomic E-state index is -0.293. The molecule has 4 aromatic rings. The molecule has 6 rings (SSSR count). The van der Waals surface area contributed by atoms with E-state index in [1.165, 1.54) is 10.6 Å². The maximum absolute atomic E-state index is 13.5. The number of H-pyrrole nitrogens is 1. The Morgan fingerprint density at radius 3 is 2.71 bits per heavy atom. The molecule has 0 radical (unpaired) electrons. The van der Waals surface area contributed by atoms with E-state index in [1.54, 1.807) is 7.11 Å². The lowest BCUT2D eigenvalue weighted by molar-refractivity contribution is -0.927. The van der Waals surface area contributed by atoms with Crippen LogP contribution in [-0.4, -0.2) is 71.2 Å². The molecular weight excluding hydrogens is 482 g/mol. The van der Waals surface area contributed by atoms with Crippen LogP contribution in [0, 0.1) is 6.92 Å². The molecule has 2 aliphatic rings. The van der Waals surface area contributed by atoms with Crippen LogP contribution >= 0.6 is 0 Å². The van der Waals surface area contributed by atoms with Crippen LogP contribution in [0.3, 0.4) is 0 Å². The van der Waals surface area contributed by atoms with Gasteiger partial charge < -0.3 is 24.3 Å². The maximum Gasteiger partial charge on any atom is 0.258 e.